The van der Waals surface area contributed by atoms with Crippen LogP contribution in [0.4, 0.5) is 0 Å². The molecule has 0 unspecified atom stereocenters. The Morgan fingerprint density at radius 2 is 1.77 bits per heavy atom. The monoisotopic (exact) mass is 382 g/mol. The Bertz CT molecular complexity index is 1250. The first-order chi connectivity index (χ1) is 12.5. The van der Waals surface area contributed by atoms with Gasteiger partial charge in [0.2, 0.25) is 0 Å². The molecule has 0 aliphatic rings. The molecule has 0 amide bonds. The van der Waals surface area contributed by atoms with Crippen molar-refractivity contribution < 1.29 is 9.21 Å². The van der Waals surface area contributed by atoms with E-state index in [9.17, 15) is 9.59 Å². The normalized spacial score (nSPS) is 11.0. The summed E-state index contributed by atoms with van der Waals surface area (Å²) in [7, 11) is 0. The lowest BCUT2D eigenvalue weighted by atomic mass is 10.2. The van der Waals surface area contributed by atoms with Gasteiger partial charge in [0.1, 0.15) is 5.76 Å². The molecule has 0 atom stereocenters. The summed E-state index contributed by atoms with van der Waals surface area (Å²) in [5.74, 6) is -0.109. The third-order valence-electron chi connectivity index (χ3n) is 3.95. The Hall–Kier alpha value is -2.96. The standard InChI is InChI=1S/C19H11ClN2O3S/c20-12-7-5-11(6-8-12)15-9-10-16(25-15)18(24)22-17(23)13-3-1-2-4-14(13)21-19(22)26/h1-10H,(H,21,26). The SMILES string of the molecule is O=C(c1ccc(-c2ccc(Cl)cc2)o1)n1c(=S)[nH]c2ccccc2c1=O. The highest BCUT2D eigenvalue weighted by Crippen LogP contribution is 2.24. The minimum Gasteiger partial charge on any atom is -0.451 e. The van der Waals surface area contributed by atoms with Crippen molar-refractivity contribution in [3.05, 3.63) is 86.6 Å². The molecule has 0 aliphatic heterocycles. The van der Waals surface area contributed by atoms with E-state index in [4.69, 9.17) is 28.2 Å². The molecule has 0 saturated heterocycles. The third-order valence-corrected chi connectivity index (χ3v) is 4.49. The lowest BCUT2D eigenvalue weighted by molar-refractivity contribution is 0.0927. The summed E-state index contributed by atoms with van der Waals surface area (Å²) in [5.41, 5.74) is 0.858. The van der Waals surface area contributed by atoms with Gasteiger partial charge in [0, 0.05) is 10.6 Å². The number of nitrogens with zero attached hydrogens (tertiary/aromatic N) is 1. The van der Waals surface area contributed by atoms with Crippen LogP contribution in [0.5, 0.6) is 0 Å². The molecule has 7 heteroatoms. The maximum atomic E-state index is 12.8. The summed E-state index contributed by atoms with van der Waals surface area (Å²) in [4.78, 5) is 28.4. The number of halogens is 1. The van der Waals surface area contributed by atoms with Crippen LogP contribution in [0.1, 0.15) is 10.6 Å². The molecule has 0 bridgehead atoms. The fourth-order valence-electron chi connectivity index (χ4n) is 2.68. The summed E-state index contributed by atoms with van der Waals surface area (Å²) in [6.07, 6.45) is 0. The first-order valence-corrected chi connectivity index (χ1v) is 8.48. The minimum atomic E-state index is -0.623. The Balaban J connectivity index is 1.80. The lowest BCUT2D eigenvalue weighted by Gasteiger charge is -2.05. The number of hydrogen-bond donors (Lipinski definition) is 1. The van der Waals surface area contributed by atoms with Crippen molar-refractivity contribution in [1.82, 2.24) is 9.55 Å². The molecule has 1 N–H and O–H groups in total. The summed E-state index contributed by atoms with van der Waals surface area (Å²) < 4.78 is 6.56. The summed E-state index contributed by atoms with van der Waals surface area (Å²) in [5, 5.41) is 0.976. The molecule has 4 rings (SSSR count). The van der Waals surface area contributed by atoms with Gasteiger partial charge in [-0.1, -0.05) is 23.7 Å². The van der Waals surface area contributed by atoms with Crippen molar-refractivity contribution in [2.75, 3.05) is 0 Å². The first kappa shape index (κ1) is 16.5. The molecule has 128 valence electrons. The maximum absolute atomic E-state index is 12.8. The number of aromatic amines is 1. The minimum absolute atomic E-state index is 0.0168. The van der Waals surface area contributed by atoms with Crippen LogP contribution in [0.15, 0.2) is 69.9 Å². The number of rotatable bonds is 2. The number of para-hydroxylation sites is 1. The van der Waals surface area contributed by atoms with Crippen molar-refractivity contribution in [2.45, 2.75) is 0 Å². The van der Waals surface area contributed by atoms with E-state index in [0.717, 1.165) is 10.1 Å². The van der Waals surface area contributed by atoms with E-state index < -0.39 is 11.5 Å². The maximum Gasteiger partial charge on any atom is 0.302 e. The average molecular weight is 383 g/mol. The Morgan fingerprint density at radius 1 is 1.04 bits per heavy atom. The smallest absolute Gasteiger partial charge is 0.302 e. The van der Waals surface area contributed by atoms with E-state index in [1.54, 1.807) is 54.6 Å². The fraction of sp³-hybridized carbons (Fsp3) is 0. The van der Waals surface area contributed by atoms with Gasteiger partial charge in [0.15, 0.2) is 10.5 Å². The molecule has 0 spiro atoms. The Kier molecular flexibility index (Phi) is 4.06. The zero-order valence-corrected chi connectivity index (χ0v) is 14.8. The zero-order valence-electron chi connectivity index (χ0n) is 13.2. The van der Waals surface area contributed by atoms with Gasteiger partial charge in [-0.2, -0.15) is 0 Å². The number of hydrogen-bond acceptors (Lipinski definition) is 4. The van der Waals surface area contributed by atoms with Crippen LogP contribution < -0.4 is 5.56 Å². The van der Waals surface area contributed by atoms with E-state index in [1.165, 1.54) is 6.07 Å². The highest BCUT2D eigenvalue weighted by molar-refractivity contribution is 7.71. The average Bonchev–Trinajstić information content (AvgIpc) is 3.12. The van der Waals surface area contributed by atoms with Crippen LogP contribution in [0, 0.1) is 4.77 Å². The van der Waals surface area contributed by atoms with Crippen LogP contribution >= 0.6 is 23.8 Å². The van der Waals surface area contributed by atoms with E-state index in [-0.39, 0.29) is 10.5 Å². The molecule has 2 aromatic heterocycles. The van der Waals surface area contributed by atoms with Crippen molar-refractivity contribution >= 4 is 40.6 Å². The van der Waals surface area contributed by atoms with E-state index in [0.29, 0.717) is 21.7 Å². The van der Waals surface area contributed by atoms with Gasteiger partial charge in [-0.15, -0.1) is 0 Å². The number of carbonyl (C=O) groups is 1. The predicted octanol–water partition coefficient (Wildman–Crippen LogP) is 4.66. The molecule has 4 aromatic rings. The van der Waals surface area contributed by atoms with Crippen molar-refractivity contribution in [2.24, 2.45) is 0 Å². The van der Waals surface area contributed by atoms with Crippen LogP contribution in [0.3, 0.4) is 0 Å². The molecular weight excluding hydrogens is 372 g/mol. The van der Waals surface area contributed by atoms with Crippen LogP contribution in [-0.2, 0) is 0 Å². The molecule has 0 saturated carbocycles. The highest BCUT2D eigenvalue weighted by Gasteiger charge is 2.18. The van der Waals surface area contributed by atoms with Gasteiger partial charge in [-0.05, 0) is 60.7 Å². The second-order valence-corrected chi connectivity index (χ2v) is 6.42. The highest BCUT2D eigenvalue weighted by atomic mass is 35.5. The summed E-state index contributed by atoms with van der Waals surface area (Å²) in [6.45, 7) is 0. The number of benzene rings is 2. The molecule has 5 nitrogen and oxygen atoms in total. The molecule has 0 fully saturated rings. The van der Waals surface area contributed by atoms with Gasteiger partial charge in [-0.25, -0.2) is 4.57 Å². The van der Waals surface area contributed by atoms with Gasteiger partial charge in [0.25, 0.3) is 5.56 Å². The zero-order chi connectivity index (χ0) is 18.3. The number of aromatic nitrogens is 2. The van der Waals surface area contributed by atoms with E-state index in [2.05, 4.69) is 4.98 Å². The number of fused-ring (bicyclic) bond motifs is 1. The second-order valence-electron chi connectivity index (χ2n) is 5.59. The molecule has 0 aliphatic carbocycles. The van der Waals surface area contributed by atoms with Gasteiger partial charge >= 0.3 is 5.91 Å². The van der Waals surface area contributed by atoms with Gasteiger partial charge in [-0.3, -0.25) is 9.59 Å². The van der Waals surface area contributed by atoms with Crippen LogP contribution in [-0.4, -0.2) is 15.5 Å². The largest absolute Gasteiger partial charge is 0.451 e. The molecule has 0 radical (unpaired) electrons. The number of H-pyrrole nitrogens is 1. The van der Waals surface area contributed by atoms with Crippen molar-refractivity contribution in [3.8, 4) is 11.3 Å². The van der Waals surface area contributed by atoms with E-state index >= 15 is 0 Å². The number of furan rings is 1. The van der Waals surface area contributed by atoms with E-state index in [1.807, 2.05) is 0 Å². The van der Waals surface area contributed by atoms with Crippen molar-refractivity contribution in [3.63, 3.8) is 0 Å². The van der Waals surface area contributed by atoms with Gasteiger partial charge < -0.3 is 9.40 Å². The Morgan fingerprint density at radius 3 is 2.54 bits per heavy atom. The molecule has 26 heavy (non-hydrogen) atoms. The summed E-state index contributed by atoms with van der Waals surface area (Å²) >= 11 is 11.1. The first-order valence-electron chi connectivity index (χ1n) is 7.69. The fourth-order valence-corrected chi connectivity index (χ4v) is 3.08. The lowest BCUT2D eigenvalue weighted by Crippen LogP contribution is -2.28. The van der Waals surface area contributed by atoms with Gasteiger partial charge in [0.05, 0.1) is 10.9 Å². The topological polar surface area (TPSA) is 68.0 Å². The third kappa shape index (κ3) is 2.79. The second kappa shape index (κ2) is 6.40. The summed E-state index contributed by atoms with van der Waals surface area (Å²) in [6, 6.07) is 17.1. The molecule has 2 aromatic carbocycles. The molecular formula is C19H11ClN2O3S. The Labute approximate surface area is 157 Å². The van der Waals surface area contributed by atoms with Crippen LogP contribution in [0.25, 0.3) is 22.2 Å². The van der Waals surface area contributed by atoms with Crippen molar-refractivity contribution in [1.29, 1.82) is 0 Å². The quantitative estimate of drug-likeness (QED) is 0.512. The predicted molar refractivity (Wildman–Crippen MR) is 102 cm³/mol. The van der Waals surface area contributed by atoms with Crippen LogP contribution in [0.2, 0.25) is 5.02 Å². The molecule has 2 heterocycles. The number of nitrogens with one attached hydrogen (secondary N) is 1. The number of carbonyl (C=O) groups excluding carboxylic acids is 1.